The number of hydrogen-bond donors (Lipinski definition) is 1. The van der Waals surface area contributed by atoms with Gasteiger partial charge in [0, 0.05) is 23.6 Å². The average molecular weight is 267 g/mol. The molecule has 104 valence electrons. The predicted molar refractivity (Wildman–Crippen MR) is 81.6 cm³/mol. The number of fused-ring (bicyclic) bond motifs is 1. The Morgan fingerprint density at radius 2 is 2.15 bits per heavy atom. The van der Waals surface area contributed by atoms with Gasteiger partial charge in [-0.15, -0.1) is 0 Å². The summed E-state index contributed by atoms with van der Waals surface area (Å²) >= 11 is 0. The third-order valence-corrected chi connectivity index (χ3v) is 4.55. The summed E-state index contributed by atoms with van der Waals surface area (Å²) in [7, 11) is 0. The topological polar surface area (TPSA) is 42.8 Å². The maximum Gasteiger partial charge on any atom is 0.0992 e. The van der Waals surface area contributed by atoms with Crippen LogP contribution in [0.15, 0.2) is 24.4 Å². The fourth-order valence-corrected chi connectivity index (χ4v) is 3.17. The zero-order chi connectivity index (χ0) is 14.1. The summed E-state index contributed by atoms with van der Waals surface area (Å²) in [6.45, 7) is 7.95. The lowest BCUT2D eigenvalue weighted by Crippen LogP contribution is -2.25. The van der Waals surface area contributed by atoms with Crippen LogP contribution in [0.1, 0.15) is 37.3 Å². The Hall–Kier alpha value is -1.79. The van der Waals surface area contributed by atoms with Crippen molar-refractivity contribution in [1.82, 2.24) is 9.88 Å². The summed E-state index contributed by atoms with van der Waals surface area (Å²) in [6.07, 6.45) is 3.43. The monoisotopic (exact) mass is 267 g/mol. The van der Waals surface area contributed by atoms with Crippen LogP contribution in [0.25, 0.3) is 10.9 Å². The van der Waals surface area contributed by atoms with E-state index in [9.17, 15) is 0 Å². The van der Waals surface area contributed by atoms with Gasteiger partial charge in [-0.2, -0.15) is 5.26 Å². The lowest BCUT2D eigenvalue weighted by atomic mass is 10.1. The predicted octanol–water partition coefficient (Wildman–Crippen LogP) is 3.48. The van der Waals surface area contributed by atoms with E-state index in [0.29, 0.717) is 5.92 Å². The molecular weight excluding hydrogens is 246 g/mol. The number of hydrogen-bond acceptors (Lipinski definition) is 2. The van der Waals surface area contributed by atoms with E-state index in [1.54, 1.807) is 0 Å². The van der Waals surface area contributed by atoms with Crippen LogP contribution in [0.4, 0.5) is 0 Å². The van der Waals surface area contributed by atoms with Gasteiger partial charge in [0.2, 0.25) is 0 Å². The summed E-state index contributed by atoms with van der Waals surface area (Å²) in [6, 6.07) is 8.15. The number of nitrogens with one attached hydrogen (secondary N) is 1. The number of nitrogens with zero attached hydrogens (tertiary/aromatic N) is 2. The minimum absolute atomic E-state index is 0.692. The molecule has 2 atom stereocenters. The lowest BCUT2D eigenvalue weighted by Gasteiger charge is -2.17. The molecule has 1 aliphatic carbocycles. The largest absolute Gasteiger partial charge is 0.361 e. The standard InChI is InChI=1S/C17H21N3/c1-3-20(4-2)11-13-8-15(13)16-10-19-17-7-12(9-18)5-6-14(16)17/h5-7,10,13,15,19H,3-4,8,11H2,1-2H3/t13-,15+/m0/s1. The Kier molecular flexibility index (Phi) is 3.50. The maximum atomic E-state index is 8.95. The number of rotatable bonds is 5. The van der Waals surface area contributed by atoms with E-state index in [0.717, 1.165) is 30.1 Å². The molecule has 0 amide bonds. The van der Waals surface area contributed by atoms with Crippen molar-refractivity contribution in [2.75, 3.05) is 19.6 Å². The molecule has 3 nitrogen and oxygen atoms in total. The second-order valence-corrected chi connectivity index (χ2v) is 5.70. The summed E-state index contributed by atoms with van der Waals surface area (Å²) < 4.78 is 0. The van der Waals surface area contributed by atoms with Crippen LogP contribution in [0.5, 0.6) is 0 Å². The van der Waals surface area contributed by atoms with Crippen LogP contribution in [0.2, 0.25) is 0 Å². The molecule has 1 N–H and O–H groups in total. The van der Waals surface area contributed by atoms with E-state index >= 15 is 0 Å². The molecule has 0 saturated heterocycles. The van der Waals surface area contributed by atoms with Crippen molar-refractivity contribution in [2.24, 2.45) is 5.92 Å². The Morgan fingerprint density at radius 3 is 2.85 bits per heavy atom. The quantitative estimate of drug-likeness (QED) is 0.901. The van der Waals surface area contributed by atoms with Crippen LogP contribution >= 0.6 is 0 Å². The van der Waals surface area contributed by atoms with Gasteiger partial charge < -0.3 is 9.88 Å². The summed E-state index contributed by atoms with van der Waals surface area (Å²) in [5.74, 6) is 1.49. The highest BCUT2D eigenvalue weighted by molar-refractivity contribution is 5.85. The normalized spacial score (nSPS) is 21.3. The first-order valence-electron chi connectivity index (χ1n) is 7.50. The van der Waals surface area contributed by atoms with Gasteiger partial charge in [-0.3, -0.25) is 0 Å². The first kappa shape index (κ1) is 13.2. The van der Waals surface area contributed by atoms with E-state index in [2.05, 4.69) is 42.1 Å². The Labute approximate surface area is 120 Å². The van der Waals surface area contributed by atoms with Gasteiger partial charge in [0.25, 0.3) is 0 Å². The van der Waals surface area contributed by atoms with Gasteiger partial charge >= 0.3 is 0 Å². The van der Waals surface area contributed by atoms with Crippen molar-refractivity contribution in [3.8, 4) is 6.07 Å². The highest BCUT2D eigenvalue weighted by Gasteiger charge is 2.40. The summed E-state index contributed by atoms with van der Waals surface area (Å²) in [4.78, 5) is 5.83. The molecule has 20 heavy (non-hydrogen) atoms. The fraction of sp³-hybridized carbons (Fsp3) is 0.471. The maximum absolute atomic E-state index is 8.95. The molecule has 1 aliphatic rings. The molecule has 1 aromatic heterocycles. The number of aromatic amines is 1. The molecule has 1 saturated carbocycles. The number of aromatic nitrogens is 1. The van der Waals surface area contributed by atoms with Gasteiger partial charge in [-0.1, -0.05) is 19.9 Å². The first-order chi connectivity index (χ1) is 9.76. The minimum Gasteiger partial charge on any atom is -0.361 e. The smallest absolute Gasteiger partial charge is 0.0992 e. The highest BCUT2D eigenvalue weighted by atomic mass is 15.1. The molecule has 0 bridgehead atoms. The van der Waals surface area contributed by atoms with Crippen LogP contribution in [-0.2, 0) is 0 Å². The molecule has 0 spiro atoms. The molecule has 0 aliphatic heterocycles. The minimum atomic E-state index is 0.692. The summed E-state index contributed by atoms with van der Waals surface area (Å²) in [5.41, 5.74) is 3.25. The van der Waals surface area contributed by atoms with Gasteiger partial charge in [-0.25, -0.2) is 0 Å². The number of nitriles is 1. The van der Waals surface area contributed by atoms with E-state index in [4.69, 9.17) is 5.26 Å². The lowest BCUT2D eigenvalue weighted by molar-refractivity contribution is 0.289. The van der Waals surface area contributed by atoms with Crippen molar-refractivity contribution in [1.29, 1.82) is 5.26 Å². The average Bonchev–Trinajstić information content (AvgIpc) is 3.12. The number of benzene rings is 1. The second-order valence-electron chi connectivity index (χ2n) is 5.70. The van der Waals surface area contributed by atoms with E-state index in [1.807, 2.05) is 12.1 Å². The third kappa shape index (κ3) is 2.32. The van der Waals surface area contributed by atoms with Crippen LogP contribution in [0.3, 0.4) is 0 Å². The molecule has 0 unspecified atom stereocenters. The zero-order valence-corrected chi connectivity index (χ0v) is 12.2. The van der Waals surface area contributed by atoms with Gasteiger partial charge in [0.15, 0.2) is 0 Å². The SMILES string of the molecule is CCN(CC)C[C@@H]1C[C@H]1c1c[nH]c2cc(C#N)ccc12. The number of H-pyrrole nitrogens is 1. The van der Waals surface area contributed by atoms with Crippen LogP contribution in [-0.4, -0.2) is 29.5 Å². The van der Waals surface area contributed by atoms with E-state index in [-0.39, 0.29) is 0 Å². The van der Waals surface area contributed by atoms with Crippen molar-refractivity contribution in [2.45, 2.75) is 26.2 Å². The first-order valence-corrected chi connectivity index (χ1v) is 7.50. The molecular formula is C17H21N3. The Bertz CT molecular complexity index is 646. The van der Waals surface area contributed by atoms with Gasteiger partial charge in [-0.05, 0) is 49.0 Å². The Balaban J connectivity index is 1.78. The Morgan fingerprint density at radius 1 is 1.35 bits per heavy atom. The van der Waals surface area contributed by atoms with Crippen molar-refractivity contribution >= 4 is 10.9 Å². The van der Waals surface area contributed by atoms with Crippen LogP contribution in [0, 0.1) is 17.2 Å². The van der Waals surface area contributed by atoms with Gasteiger partial charge in [0.1, 0.15) is 0 Å². The van der Waals surface area contributed by atoms with Gasteiger partial charge in [0.05, 0.1) is 11.6 Å². The molecule has 1 fully saturated rings. The molecule has 3 heteroatoms. The second kappa shape index (κ2) is 5.30. The van der Waals surface area contributed by atoms with E-state index < -0.39 is 0 Å². The van der Waals surface area contributed by atoms with Crippen molar-refractivity contribution in [3.05, 3.63) is 35.5 Å². The third-order valence-electron chi connectivity index (χ3n) is 4.55. The zero-order valence-electron chi connectivity index (χ0n) is 12.2. The van der Waals surface area contributed by atoms with Crippen LogP contribution < -0.4 is 0 Å². The molecule has 1 heterocycles. The molecule has 0 radical (unpaired) electrons. The van der Waals surface area contributed by atoms with E-state index in [1.165, 1.54) is 23.9 Å². The fourth-order valence-electron chi connectivity index (χ4n) is 3.17. The van der Waals surface area contributed by atoms with Crippen molar-refractivity contribution in [3.63, 3.8) is 0 Å². The molecule has 3 rings (SSSR count). The van der Waals surface area contributed by atoms with Crippen molar-refractivity contribution < 1.29 is 0 Å². The molecule has 2 aromatic rings. The highest BCUT2D eigenvalue weighted by Crippen LogP contribution is 2.49. The molecule has 1 aromatic carbocycles. The summed E-state index contributed by atoms with van der Waals surface area (Å²) in [5, 5.41) is 10.2.